The Hall–Kier alpha value is -2.99. The molecule has 3 rings (SSSR count). The number of carbonyl (C=O) groups excluding carboxylic acids is 1. The van der Waals surface area contributed by atoms with Crippen LogP contribution in [0.4, 0.5) is 0 Å². The van der Waals surface area contributed by atoms with Gasteiger partial charge in [-0.15, -0.1) is 0 Å². The van der Waals surface area contributed by atoms with Crippen molar-refractivity contribution in [2.24, 2.45) is 5.10 Å². The van der Waals surface area contributed by atoms with Crippen LogP contribution in [0.25, 0.3) is 10.9 Å². The Kier molecular flexibility index (Phi) is 6.44. The van der Waals surface area contributed by atoms with Crippen molar-refractivity contribution in [1.82, 2.24) is 9.99 Å². The molecular weight excluding hydrogens is 390 g/mol. The van der Waals surface area contributed by atoms with E-state index in [1.807, 2.05) is 6.07 Å². The number of amides is 1. The SMILES string of the molecule is COc1cc(/C=N/NC(=O)CCn2cc(C)c3c(C)cccc32)cc(Cl)c1OC. The number of hydrazone groups is 1. The molecule has 7 heteroatoms. The van der Waals surface area contributed by atoms with Crippen LogP contribution in [0.5, 0.6) is 11.5 Å². The molecule has 3 aromatic rings. The van der Waals surface area contributed by atoms with Crippen molar-refractivity contribution >= 4 is 34.6 Å². The number of benzene rings is 2. The summed E-state index contributed by atoms with van der Waals surface area (Å²) in [6, 6.07) is 9.63. The van der Waals surface area contributed by atoms with Crippen LogP contribution in [0.3, 0.4) is 0 Å². The monoisotopic (exact) mass is 413 g/mol. The van der Waals surface area contributed by atoms with Gasteiger partial charge in [0.1, 0.15) is 0 Å². The summed E-state index contributed by atoms with van der Waals surface area (Å²) >= 11 is 6.18. The van der Waals surface area contributed by atoms with Gasteiger partial charge in [0.15, 0.2) is 11.5 Å². The lowest BCUT2D eigenvalue weighted by Crippen LogP contribution is -2.19. The summed E-state index contributed by atoms with van der Waals surface area (Å²) in [7, 11) is 3.06. The number of fused-ring (bicyclic) bond motifs is 1. The number of nitrogens with one attached hydrogen (secondary N) is 1. The van der Waals surface area contributed by atoms with Crippen LogP contribution in [0.15, 0.2) is 41.6 Å². The van der Waals surface area contributed by atoms with Crippen LogP contribution in [0.1, 0.15) is 23.1 Å². The molecule has 1 amide bonds. The van der Waals surface area contributed by atoms with E-state index < -0.39 is 0 Å². The van der Waals surface area contributed by atoms with Crippen molar-refractivity contribution in [3.63, 3.8) is 0 Å². The smallest absolute Gasteiger partial charge is 0.241 e. The molecule has 0 spiro atoms. The maximum absolute atomic E-state index is 12.2. The second-order valence-electron chi connectivity index (χ2n) is 6.76. The van der Waals surface area contributed by atoms with E-state index in [0.717, 1.165) is 5.52 Å². The van der Waals surface area contributed by atoms with Gasteiger partial charge in [-0.25, -0.2) is 5.43 Å². The summed E-state index contributed by atoms with van der Waals surface area (Å²) in [5.41, 5.74) is 6.83. The fourth-order valence-electron chi connectivity index (χ4n) is 3.43. The number of aromatic nitrogens is 1. The molecule has 29 heavy (non-hydrogen) atoms. The van der Waals surface area contributed by atoms with Crippen molar-refractivity contribution in [1.29, 1.82) is 0 Å². The standard InChI is InChI=1S/C22H24ClN3O3/c1-14-6-5-7-18-21(14)15(2)13-26(18)9-8-20(27)25-24-12-16-10-17(23)22(29-4)19(11-16)28-3/h5-7,10-13H,8-9H2,1-4H3,(H,25,27)/b24-12+. The van der Waals surface area contributed by atoms with Crippen LogP contribution < -0.4 is 14.9 Å². The zero-order valence-electron chi connectivity index (χ0n) is 17.0. The lowest BCUT2D eigenvalue weighted by molar-refractivity contribution is -0.121. The Morgan fingerprint density at radius 3 is 2.72 bits per heavy atom. The second kappa shape index (κ2) is 9.01. The predicted octanol–water partition coefficient (Wildman–Crippen LogP) is 4.47. The lowest BCUT2D eigenvalue weighted by atomic mass is 10.1. The number of halogens is 1. The molecule has 1 N–H and O–H groups in total. The van der Waals surface area contributed by atoms with Gasteiger partial charge in [0, 0.05) is 30.1 Å². The van der Waals surface area contributed by atoms with Crippen LogP contribution in [-0.2, 0) is 11.3 Å². The molecule has 1 aromatic heterocycles. The van der Waals surface area contributed by atoms with Crippen LogP contribution in [0, 0.1) is 13.8 Å². The first kappa shape index (κ1) is 20.7. The summed E-state index contributed by atoms with van der Waals surface area (Å²) in [6.45, 7) is 4.77. The number of rotatable bonds is 7. The molecule has 0 saturated heterocycles. The van der Waals surface area contributed by atoms with E-state index in [-0.39, 0.29) is 5.91 Å². The lowest BCUT2D eigenvalue weighted by Gasteiger charge is -2.10. The molecule has 0 aliphatic carbocycles. The Morgan fingerprint density at radius 1 is 1.21 bits per heavy atom. The van der Waals surface area contributed by atoms with Gasteiger partial charge in [0.05, 0.1) is 25.5 Å². The van der Waals surface area contributed by atoms with Gasteiger partial charge in [-0.3, -0.25) is 4.79 Å². The molecule has 6 nitrogen and oxygen atoms in total. The molecule has 2 aromatic carbocycles. The third-order valence-electron chi connectivity index (χ3n) is 4.74. The molecule has 0 aliphatic rings. The Morgan fingerprint density at radius 2 is 2.00 bits per heavy atom. The number of carbonyl (C=O) groups is 1. The number of nitrogens with zero attached hydrogens (tertiary/aromatic N) is 2. The quantitative estimate of drug-likeness (QED) is 0.459. The Balaban J connectivity index is 1.62. The number of ether oxygens (including phenoxy) is 2. The topological polar surface area (TPSA) is 64.8 Å². The highest BCUT2D eigenvalue weighted by Gasteiger charge is 2.11. The average molecular weight is 414 g/mol. The zero-order valence-corrected chi connectivity index (χ0v) is 17.7. The van der Waals surface area contributed by atoms with Crippen molar-refractivity contribution < 1.29 is 14.3 Å². The Labute approximate surface area is 175 Å². The fraction of sp³-hybridized carbons (Fsp3) is 0.273. The first-order chi connectivity index (χ1) is 13.9. The molecule has 0 atom stereocenters. The summed E-state index contributed by atoms with van der Waals surface area (Å²) in [6.07, 6.45) is 3.92. The summed E-state index contributed by atoms with van der Waals surface area (Å²) in [5, 5.41) is 5.67. The van der Waals surface area contributed by atoms with Crippen molar-refractivity contribution in [3.05, 3.63) is 58.2 Å². The number of aryl methyl sites for hydroxylation is 3. The molecule has 0 radical (unpaired) electrons. The van der Waals surface area contributed by atoms with Gasteiger partial charge in [-0.1, -0.05) is 23.7 Å². The summed E-state index contributed by atoms with van der Waals surface area (Å²) in [5.74, 6) is 0.790. The highest BCUT2D eigenvalue weighted by Crippen LogP contribution is 2.35. The van der Waals surface area contributed by atoms with E-state index in [4.69, 9.17) is 21.1 Å². The number of methoxy groups -OCH3 is 2. The van der Waals surface area contributed by atoms with Crippen molar-refractivity contribution in [2.45, 2.75) is 26.8 Å². The van der Waals surface area contributed by atoms with E-state index in [2.05, 4.69) is 47.3 Å². The van der Waals surface area contributed by atoms with Gasteiger partial charge in [0.25, 0.3) is 0 Å². The van der Waals surface area contributed by atoms with Crippen molar-refractivity contribution in [2.75, 3.05) is 14.2 Å². The highest BCUT2D eigenvalue weighted by molar-refractivity contribution is 6.32. The van der Waals surface area contributed by atoms with Crippen LogP contribution in [-0.4, -0.2) is 30.9 Å². The van der Waals surface area contributed by atoms with E-state index in [1.54, 1.807) is 12.1 Å². The van der Waals surface area contributed by atoms with E-state index in [1.165, 1.54) is 36.9 Å². The summed E-state index contributed by atoms with van der Waals surface area (Å²) in [4.78, 5) is 12.2. The Bertz CT molecular complexity index is 1070. The molecule has 0 unspecified atom stereocenters. The van der Waals surface area contributed by atoms with Gasteiger partial charge < -0.3 is 14.0 Å². The predicted molar refractivity (Wildman–Crippen MR) is 116 cm³/mol. The number of hydrogen-bond acceptors (Lipinski definition) is 4. The minimum absolute atomic E-state index is 0.167. The van der Waals surface area contributed by atoms with Crippen molar-refractivity contribution in [3.8, 4) is 11.5 Å². The highest BCUT2D eigenvalue weighted by atomic mass is 35.5. The maximum Gasteiger partial charge on any atom is 0.241 e. The minimum atomic E-state index is -0.167. The third-order valence-corrected chi connectivity index (χ3v) is 5.02. The van der Waals surface area contributed by atoms with Crippen LogP contribution in [0.2, 0.25) is 5.02 Å². The number of hydrogen-bond donors (Lipinski definition) is 1. The fourth-order valence-corrected chi connectivity index (χ4v) is 3.72. The average Bonchev–Trinajstić information content (AvgIpc) is 3.03. The molecule has 152 valence electrons. The van der Waals surface area contributed by atoms with E-state index in [9.17, 15) is 4.79 Å². The van der Waals surface area contributed by atoms with E-state index in [0.29, 0.717) is 35.1 Å². The largest absolute Gasteiger partial charge is 0.493 e. The van der Waals surface area contributed by atoms with Gasteiger partial charge >= 0.3 is 0 Å². The molecule has 0 fully saturated rings. The molecule has 1 heterocycles. The first-order valence-corrected chi connectivity index (χ1v) is 9.61. The molecule has 0 saturated carbocycles. The second-order valence-corrected chi connectivity index (χ2v) is 7.16. The van der Waals surface area contributed by atoms with Crippen LogP contribution >= 0.6 is 11.6 Å². The normalized spacial score (nSPS) is 11.2. The molecule has 0 bridgehead atoms. The maximum atomic E-state index is 12.2. The first-order valence-electron chi connectivity index (χ1n) is 9.23. The summed E-state index contributed by atoms with van der Waals surface area (Å²) < 4.78 is 12.6. The third kappa shape index (κ3) is 4.54. The van der Waals surface area contributed by atoms with Gasteiger partial charge in [0.2, 0.25) is 5.91 Å². The minimum Gasteiger partial charge on any atom is -0.493 e. The van der Waals surface area contributed by atoms with Gasteiger partial charge in [-0.2, -0.15) is 5.10 Å². The zero-order chi connectivity index (χ0) is 21.0. The molecular formula is C22H24ClN3O3. The van der Waals surface area contributed by atoms with E-state index >= 15 is 0 Å². The molecule has 0 aliphatic heterocycles. The van der Waals surface area contributed by atoms with Gasteiger partial charge in [-0.05, 0) is 48.7 Å².